The Balaban J connectivity index is 2.60. The molecule has 0 radical (unpaired) electrons. The third kappa shape index (κ3) is 8.85. The Morgan fingerprint density at radius 1 is 0.733 bits per heavy atom. The highest BCUT2D eigenvalue weighted by molar-refractivity contribution is 5.73. The van der Waals surface area contributed by atoms with Gasteiger partial charge >= 0.3 is 5.97 Å². The van der Waals surface area contributed by atoms with Crippen LogP contribution in [0.2, 0.25) is 0 Å². The standard InChI is InChI=1S/C25H42O5/c1-24(2,3)15-11-7-6-9-13-18-19(22(28)21(27)17-20(18)26)14-10-8-12-16-25(4,5)23(29)30/h17,26-28H,6-16H2,1-5H3,(H,29,30). The molecule has 4 N–H and O–H groups in total. The van der Waals surface area contributed by atoms with Crippen LogP contribution in [-0.2, 0) is 17.6 Å². The number of carbonyl (C=O) groups is 1. The molecule has 1 aromatic rings. The molecule has 0 amide bonds. The lowest BCUT2D eigenvalue weighted by Crippen LogP contribution is -2.23. The average molecular weight is 423 g/mol. The minimum Gasteiger partial charge on any atom is -0.508 e. The molecule has 0 aliphatic heterocycles. The van der Waals surface area contributed by atoms with Crippen molar-refractivity contribution in [2.75, 3.05) is 0 Å². The number of benzene rings is 1. The Morgan fingerprint density at radius 3 is 1.80 bits per heavy atom. The van der Waals surface area contributed by atoms with E-state index in [1.807, 2.05) is 0 Å². The maximum Gasteiger partial charge on any atom is 0.309 e. The molecule has 0 fully saturated rings. The van der Waals surface area contributed by atoms with Gasteiger partial charge < -0.3 is 20.4 Å². The number of rotatable bonds is 13. The predicted molar refractivity (Wildman–Crippen MR) is 121 cm³/mol. The van der Waals surface area contributed by atoms with Gasteiger partial charge in [-0.25, -0.2) is 0 Å². The summed E-state index contributed by atoms with van der Waals surface area (Å²) in [6.45, 7) is 10.2. The fraction of sp³-hybridized carbons (Fsp3) is 0.720. The van der Waals surface area contributed by atoms with Crippen molar-refractivity contribution < 1.29 is 25.2 Å². The molecule has 0 saturated heterocycles. The lowest BCUT2D eigenvalue weighted by Gasteiger charge is -2.19. The van der Waals surface area contributed by atoms with E-state index in [9.17, 15) is 25.2 Å². The van der Waals surface area contributed by atoms with E-state index in [4.69, 9.17) is 0 Å². The average Bonchev–Trinajstić information content (AvgIpc) is 2.62. The van der Waals surface area contributed by atoms with Gasteiger partial charge in [0, 0.05) is 17.2 Å². The quantitative estimate of drug-likeness (QED) is 0.164. The largest absolute Gasteiger partial charge is 0.508 e. The van der Waals surface area contributed by atoms with Crippen LogP contribution in [0.5, 0.6) is 17.2 Å². The highest BCUT2D eigenvalue weighted by Crippen LogP contribution is 2.39. The van der Waals surface area contributed by atoms with Crippen LogP contribution in [0.15, 0.2) is 6.07 Å². The van der Waals surface area contributed by atoms with Crippen LogP contribution >= 0.6 is 0 Å². The SMILES string of the molecule is CC(C)(C)CCCCCCc1c(O)cc(O)c(O)c1CCCCCC(C)(C)C(=O)O. The van der Waals surface area contributed by atoms with Crippen molar-refractivity contribution in [2.24, 2.45) is 10.8 Å². The molecule has 0 saturated carbocycles. The molecule has 30 heavy (non-hydrogen) atoms. The van der Waals surface area contributed by atoms with Crippen molar-refractivity contribution in [3.63, 3.8) is 0 Å². The maximum absolute atomic E-state index is 11.2. The van der Waals surface area contributed by atoms with E-state index < -0.39 is 11.4 Å². The lowest BCUT2D eigenvalue weighted by molar-refractivity contribution is -0.147. The number of aliphatic carboxylic acids is 1. The van der Waals surface area contributed by atoms with Gasteiger partial charge in [0.2, 0.25) is 0 Å². The van der Waals surface area contributed by atoms with Gasteiger partial charge in [-0.1, -0.05) is 52.9 Å². The Bertz CT molecular complexity index is 686. The molecule has 0 aromatic heterocycles. The molecule has 0 aliphatic rings. The van der Waals surface area contributed by atoms with Crippen molar-refractivity contribution in [3.8, 4) is 17.2 Å². The first-order valence-electron chi connectivity index (χ1n) is 11.3. The third-order valence-electron chi connectivity index (χ3n) is 5.89. The van der Waals surface area contributed by atoms with Crippen LogP contribution in [0.1, 0.15) is 104 Å². The van der Waals surface area contributed by atoms with Gasteiger partial charge in [0.1, 0.15) is 5.75 Å². The number of carboxylic acid groups (broad SMARTS) is 1. The maximum atomic E-state index is 11.2. The fourth-order valence-corrected chi connectivity index (χ4v) is 3.75. The minimum atomic E-state index is -0.789. The van der Waals surface area contributed by atoms with E-state index in [2.05, 4.69) is 20.8 Å². The van der Waals surface area contributed by atoms with E-state index in [1.54, 1.807) is 13.8 Å². The Kier molecular flexibility index (Phi) is 9.99. The smallest absolute Gasteiger partial charge is 0.309 e. The number of phenols is 3. The zero-order valence-corrected chi connectivity index (χ0v) is 19.6. The summed E-state index contributed by atoms with van der Waals surface area (Å²) in [5, 5.41) is 39.8. The molecule has 0 bridgehead atoms. The summed E-state index contributed by atoms with van der Waals surface area (Å²) in [5.74, 6) is -1.17. The van der Waals surface area contributed by atoms with Crippen molar-refractivity contribution >= 4 is 5.97 Å². The van der Waals surface area contributed by atoms with E-state index in [0.717, 1.165) is 44.1 Å². The number of unbranched alkanes of at least 4 members (excludes halogenated alkanes) is 5. The number of carboxylic acids is 1. The first-order valence-corrected chi connectivity index (χ1v) is 11.3. The molecule has 1 aromatic carbocycles. The molecule has 1 rings (SSSR count). The molecular weight excluding hydrogens is 380 g/mol. The van der Waals surface area contributed by atoms with Gasteiger partial charge in [0.25, 0.3) is 0 Å². The summed E-state index contributed by atoms with van der Waals surface area (Å²) in [4.78, 5) is 11.2. The van der Waals surface area contributed by atoms with Gasteiger partial charge in [0.05, 0.1) is 5.41 Å². The second-order valence-corrected chi connectivity index (χ2v) is 10.4. The van der Waals surface area contributed by atoms with E-state index in [0.29, 0.717) is 30.2 Å². The summed E-state index contributed by atoms with van der Waals surface area (Å²) < 4.78 is 0. The zero-order valence-electron chi connectivity index (χ0n) is 19.6. The highest BCUT2D eigenvalue weighted by Gasteiger charge is 2.26. The number of aromatic hydroxyl groups is 3. The zero-order chi connectivity index (χ0) is 22.9. The molecule has 5 nitrogen and oxygen atoms in total. The van der Waals surface area contributed by atoms with E-state index in [-0.39, 0.29) is 17.2 Å². The molecule has 0 spiro atoms. The summed E-state index contributed by atoms with van der Waals surface area (Å²) in [6, 6.07) is 1.23. The van der Waals surface area contributed by atoms with Gasteiger partial charge in [-0.05, 0) is 57.8 Å². The first-order chi connectivity index (χ1) is 13.8. The van der Waals surface area contributed by atoms with Crippen molar-refractivity contribution in [3.05, 3.63) is 17.2 Å². The molecular formula is C25H42O5. The van der Waals surface area contributed by atoms with Crippen LogP contribution in [0, 0.1) is 10.8 Å². The monoisotopic (exact) mass is 422 g/mol. The molecule has 5 heteroatoms. The van der Waals surface area contributed by atoms with Crippen LogP contribution in [0.4, 0.5) is 0 Å². The summed E-state index contributed by atoms with van der Waals surface area (Å²) >= 11 is 0. The predicted octanol–water partition coefficient (Wildman–Crippen LogP) is 6.56. The van der Waals surface area contributed by atoms with Crippen LogP contribution in [0.25, 0.3) is 0 Å². The second-order valence-electron chi connectivity index (χ2n) is 10.4. The van der Waals surface area contributed by atoms with Gasteiger partial charge in [0.15, 0.2) is 11.5 Å². The lowest BCUT2D eigenvalue weighted by atomic mass is 9.86. The van der Waals surface area contributed by atoms with Crippen molar-refractivity contribution in [1.82, 2.24) is 0 Å². The molecule has 0 aliphatic carbocycles. The first kappa shape index (κ1) is 26.1. The molecule has 172 valence electrons. The third-order valence-corrected chi connectivity index (χ3v) is 5.89. The van der Waals surface area contributed by atoms with Crippen LogP contribution < -0.4 is 0 Å². The van der Waals surface area contributed by atoms with Gasteiger partial charge in [-0.15, -0.1) is 0 Å². The van der Waals surface area contributed by atoms with Crippen molar-refractivity contribution in [2.45, 2.75) is 105 Å². The molecule has 0 unspecified atom stereocenters. The van der Waals surface area contributed by atoms with Gasteiger partial charge in [-0.2, -0.15) is 0 Å². The summed E-state index contributed by atoms with van der Waals surface area (Å²) in [5.41, 5.74) is 0.976. The number of hydrogen-bond donors (Lipinski definition) is 4. The Labute approximate surface area is 182 Å². The number of hydrogen-bond acceptors (Lipinski definition) is 4. The highest BCUT2D eigenvalue weighted by atomic mass is 16.4. The van der Waals surface area contributed by atoms with Crippen LogP contribution in [-0.4, -0.2) is 26.4 Å². The van der Waals surface area contributed by atoms with E-state index in [1.165, 1.54) is 18.9 Å². The molecule has 0 atom stereocenters. The van der Waals surface area contributed by atoms with Crippen molar-refractivity contribution in [1.29, 1.82) is 0 Å². The van der Waals surface area contributed by atoms with Crippen LogP contribution in [0.3, 0.4) is 0 Å². The van der Waals surface area contributed by atoms with E-state index >= 15 is 0 Å². The Morgan fingerprint density at radius 2 is 1.23 bits per heavy atom. The fourth-order valence-electron chi connectivity index (χ4n) is 3.75. The normalized spacial score (nSPS) is 12.3. The minimum absolute atomic E-state index is 0.0435. The summed E-state index contributed by atoms with van der Waals surface area (Å²) in [7, 11) is 0. The summed E-state index contributed by atoms with van der Waals surface area (Å²) in [6.07, 6.45) is 9.76. The van der Waals surface area contributed by atoms with Gasteiger partial charge in [-0.3, -0.25) is 4.79 Å². The second kappa shape index (κ2) is 11.5. The Hall–Kier alpha value is -1.91. The topological polar surface area (TPSA) is 98.0 Å². The molecule has 0 heterocycles. The number of phenolic OH excluding ortho intramolecular Hbond substituents is 3.